The summed E-state index contributed by atoms with van der Waals surface area (Å²) in [5, 5.41) is -1.05. The Morgan fingerprint density at radius 2 is 1.79 bits per heavy atom. The highest BCUT2D eigenvalue weighted by molar-refractivity contribution is 8.15. The normalized spacial score (nSPS) is 16.4. The number of hydrogen-bond donors (Lipinski definition) is 0. The molecule has 1 unspecified atom stereocenters. The number of carbonyl (C=O) groups excluding carboxylic acids is 3. The van der Waals surface area contributed by atoms with E-state index >= 15 is 0 Å². The minimum Gasteiger partial charge on any atom is -0.493 e. The van der Waals surface area contributed by atoms with Gasteiger partial charge in [0.25, 0.3) is 11.1 Å². The summed E-state index contributed by atoms with van der Waals surface area (Å²) in [6.07, 6.45) is 5.42. The van der Waals surface area contributed by atoms with Gasteiger partial charge in [-0.2, -0.15) is 0 Å². The van der Waals surface area contributed by atoms with Crippen LogP contribution in [0, 0.1) is 5.41 Å². The van der Waals surface area contributed by atoms with Gasteiger partial charge in [0.15, 0.2) is 0 Å². The van der Waals surface area contributed by atoms with Crippen molar-refractivity contribution in [3.05, 3.63) is 59.4 Å². The summed E-state index contributed by atoms with van der Waals surface area (Å²) in [5.41, 5.74) is 2.39. The van der Waals surface area contributed by atoms with Crippen LogP contribution in [0.1, 0.15) is 57.4 Å². The molecule has 0 bridgehead atoms. The van der Waals surface area contributed by atoms with Gasteiger partial charge in [-0.05, 0) is 48.6 Å². The summed E-state index contributed by atoms with van der Waals surface area (Å²) in [5.74, 6) is -0.0819. The zero-order chi connectivity index (χ0) is 24.0. The van der Waals surface area contributed by atoms with E-state index in [9.17, 15) is 14.4 Å². The third kappa shape index (κ3) is 6.22. The number of thioether (sulfide) groups is 1. The van der Waals surface area contributed by atoms with Gasteiger partial charge < -0.3 is 4.74 Å². The fourth-order valence-corrected chi connectivity index (χ4v) is 4.83. The van der Waals surface area contributed by atoms with Crippen LogP contribution in [0.3, 0.4) is 0 Å². The SMILES string of the molecule is CCCC(C)(C)C(=O)N1C(=O)SC(Cc2ccc(OCCc3ccc(CC)cn3)cc2)C1=O. The quantitative estimate of drug-likeness (QED) is 0.475. The molecule has 3 rings (SSSR count). The zero-order valence-corrected chi connectivity index (χ0v) is 20.6. The van der Waals surface area contributed by atoms with Gasteiger partial charge in [0.1, 0.15) is 5.75 Å². The number of rotatable bonds is 10. The van der Waals surface area contributed by atoms with Gasteiger partial charge in [0.05, 0.1) is 11.9 Å². The van der Waals surface area contributed by atoms with Crippen molar-refractivity contribution in [2.45, 2.75) is 65.0 Å². The molecule has 0 saturated carbocycles. The van der Waals surface area contributed by atoms with E-state index in [1.165, 1.54) is 5.56 Å². The number of carbonyl (C=O) groups is 3. The lowest BCUT2D eigenvalue weighted by atomic mass is 9.86. The topological polar surface area (TPSA) is 76.6 Å². The van der Waals surface area contributed by atoms with Gasteiger partial charge in [-0.3, -0.25) is 19.4 Å². The van der Waals surface area contributed by atoms with Crippen molar-refractivity contribution in [1.82, 2.24) is 9.88 Å². The predicted molar refractivity (Wildman–Crippen MR) is 130 cm³/mol. The van der Waals surface area contributed by atoms with Gasteiger partial charge in [-0.25, -0.2) is 4.90 Å². The molecule has 2 aromatic rings. The Hall–Kier alpha value is -2.67. The first kappa shape index (κ1) is 25.0. The molecule has 0 spiro atoms. The van der Waals surface area contributed by atoms with Crippen LogP contribution in [0.5, 0.6) is 5.75 Å². The summed E-state index contributed by atoms with van der Waals surface area (Å²) in [6.45, 7) is 8.17. The van der Waals surface area contributed by atoms with Crippen LogP contribution >= 0.6 is 11.8 Å². The number of hydrogen-bond acceptors (Lipinski definition) is 6. The summed E-state index contributed by atoms with van der Waals surface area (Å²) in [6, 6.07) is 11.6. The zero-order valence-electron chi connectivity index (χ0n) is 19.8. The predicted octanol–water partition coefficient (Wildman–Crippen LogP) is 5.22. The van der Waals surface area contributed by atoms with Crippen LogP contribution in [0.25, 0.3) is 0 Å². The van der Waals surface area contributed by atoms with Crippen LogP contribution in [-0.2, 0) is 28.9 Å². The van der Waals surface area contributed by atoms with E-state index in [2.05, 4.69) is 18.0 Å². The van der Waals surface area contributed by atoms with Crippen LogP contribution in [0.15, 0.2) is 42.6 Å². The highest BCUT2D eigenvalue weighted by atomic mass is 32.2. The van der Waals surface area contributed by atoms with E-state index in [4.69, 9.17) is 4.74 Å². The monoisotopic (exact) mass is 468 g/mol. The van der Waals surface area contributed by atoms with E-state index in [1.807, 2.05) is 43.5 Å². The van der Waals surface area contributed by atoms with Crippen molar-refractivity contribution in [3.63, 3.8) is 0 Å². The fraction of sp³-hybridized carbons (Fsp3) is 0.462. The largest absolute Gasteiger partial charge is 0.493 e. The average Bonchev–Trinajstić information content (AvgIpc) is 3.07. The second-order valence-corrected chi connectivity index (χ2v) is 10.1. The van der Waals surface area contributed by atoms with Crippen molar-refractivity contribution in [1.29, 1.82) is 0 Å². The summed E-state index contributed by atoms with van der Waals surface area (Å²) in [7, 11) is 0. The number of amides is 3. The Balaban J connectivity index is 1.53. The van der Waals surface area contributed by atoms with Gasteiger partial charge in [0, 0.05) is 23.7 Å². The molecule has 1 fully saturated rings. The second-order valence-electron chi connectivity index (χ2n) is 8.94. The number of benzene rings is 1. The van der Waals surface area contributed by atoms with Crippen LogP contribution in [0.4, 0.5) is 4.79 Å². The Morgan fingerprint density at radius 3 is 2.39 bits per heavy atom. The molecule has 33 heavy (non-hydrogen) atoms. The number of ether oxygens (including phenoxy) is 1. The van der Waals surface area contributed by atoms with Crippen molar-refractivity contribution in [3.8, 4) is 5.75 Å². The van der Waals surface area contributed by atoms with Gasteiger partial charge in [-0.1, -0.05) is 64.1 Å². The minimum atomic E-state index is -0.734. The number of pyridine rings is 1. The average molecular weight is 469 g/mol. The van der Waals surface area contributed by atoms with Gasteiger partial charge >= 0.3 is 0 Å². The van der Waals surface area contributed by atoms with Crippen molar-refractivity contribution >= 4 is 28.8 Å². The molecule has 1 aromatic carbocycles. The lowest BCUT2D eigenvalue weighted by Gasteiger charge is -2.26. The second kappa shape index (κ2) is 11.0. The van der Waals surface area contributed by atoms with Crippen molar-refractivity contribution in [2.75, 3.05) is 6.61 Å². The summed E-state index contributed by atoms with van der Waals surface area (Å²) in [4.78, 5) is 43.3. The highest BCUT2D eigenvalue weighted by Gasteiger charge is 2.47. The van der Waals surface area contributed by atoms with E-state index in [1.54, 1.807) is 13.8 Å². The fourth-order valence-electron chi connectivity index (χ4n) is 3.83. The van der Waals surface area contributed by atoms with Gasteiger partial charge in [-0.15, -0.1) is 0 Å². The molecule has 1 aromatic heterocycles. The molecule has 0 radical (unpaired) electrons. The first-order valence-corrected chi connectivity index (χ1v) is 12.4. The molecule has 1 atom stereocenters. The third-order valence-electron chi connectivity index (χ3n) is 5.84. The molecule has 2 heterocycles. The number of nitrogens with zero attached hydrogens (tertiary/aromatic N) is 2. The number of aromatic nitrogens is 1. The Morgan fingerprint density at radius 1 is 1.09 bits per heavy atom. The van der Waals surface area contributed by atoms with E-state index in [0.29, 0.717) is 19.4 Å². The van der Waals surface area contributed by atoms with Crippen molar-refractivity contribution in [2.24, 2.45) is 5.41 Å². The van der Waals surface area contributed by atoms with Gasteiger partial charge in [0.2, 0.25) is 5.91 Å². The molecular formula is C26H32N2O4S. The number of aryl methyl sites for hydroxylation is 1. The summed E-state index contributed by atoms with van der Waals surface area (Å²) < 4.78 is 5.82. The van der Waals surface area contributed by atoms with Crippen LogP contribution in [0.2, 0.25) is 0 Å². The molecule has 7 heteroatoms. The minimum absolute atomic E-state index is 0.390. The lowest BCUT2D eigenvalue weighted by molar-refractivity contribution is -0.145. The van der Waals surface area contributed by atoms with Crippen LogP contribution < -0.4 is 4.74 Å². The van der Waals surface area contributed by atoms with E-state index in [-0.39, 0.29) is 0 Å². The molecule has 1 aliphatic rings. The molecule has 0 aliphatic carbocycles. The molecule has 176 valence electrons. The first-order valence-electron chi connectivity index (χ1n) is 11.5. The standard InChI is InChI=1S/C26H32N2O4S/c1-5-14-26(3,4)24(30)28-23(29)22(33-25(28)31)16-19-8-11-21(12-9-19)32-15-13-20-10-7-18(6-2)17-27-20/h7-12,17,22H,5-6,13-16H2,1-4H3. The maximum Gasteiger partial charge on any atom is 0.295 e. The molecular weight excluding hydrogens is 436 g/mol. The van der Waals surface area contributed by atoms with E-state index < -0.39 is 27.7 Å². The van der Waals surface area contributed by atoms with E-state index in [0.717, 1.165) is 52.9 Å². The Labute approximate surface area is 200 Å². The molecule has 0 N–H and O–H groups in total. The maximum atomic E-state index is 12.8. The molecule has 6 nitrogen and oxygen atoms in total. The van der Waals surface area contributed by atoms with Crippen LogP contribution in [-0.4, -0.2) is 38.8 Å². The Kier molecular flexibility index (Phi) is 8.30. The summed E-state index contributed by atoms with van der Waals surface area (Å²) >= 11 is 0.936. The maximum absolute atomic E-state index is 12.8. The Bertz CT molecular complexity index is 986. The highest BCUT2D eigenvalue weighted by Crippen LogP contribution is 2.35. The molecule has 3 amide bonds. The number of imide groups is 3. The first-order chi connectivity index (χ1) is 15.7. The molecule has 1 saturated heterocycles. The molecule has 1 aliphatic heterocycles. The lowest BCUT2D eigenvalue weighted by Crippen LogP contribution is -2.44. The van der Waals surface area contributed by atoms with Crippen molar-refractivity contribution < 1.29 is 19.1 Å². The third-order valence-corrected chi connectivity index (χ3v) is 6.88. The smallest absolute Gasteiger partial charge is 0.295 e.